The Bertz CT molecular complexity index is 1060. The first-order valence-electron chi connectivity index (χ1n) is 9.68. The largest absolute Gasteiger partial charge is 0.497 e. The summed E-state index contributed by atoms with van der Waals surface area (Å²) >= 11 is 11.9. The molecule has 1 aliphatic rings. The Morgan fingerprint density at radius 3 is 2.58 bits per heavy atom. The summed E-state index contributed by atoms with van der Waals surface area (Å²) in [4.78, 5) is 12.9. The van der Waals surface area contributed by atoms with Crippen molar-refractivity contribution in [3.63, 3.8) is 0 Å². The number of sulfonamides is 1. The van der Waals surface area contributed by atoms with E-state index in [1.165, 1.54) is 18.5 Å². The highest BCUT2D eigenvalue weighted by Crippen LogP contribution is 2.31. The van der Waals surface area contributed by atoms with Crippen LogP contribution in [0, 0.1) is 5.92 Å². The number of anilines is 1. The van der Waals surface area contributed by atoms with Gasteiger partial charge in [0.2, 0.25) is 15.9 Å². The molecule has 168 valence electrons. The van der Waals surface area contributed by atoms with Gasteiger partial charge < -0.3 is 14.8 Å². The van der Waals surface area contributed by atoms with Crippen LogP contribution in [0.3, 0.4) is 0 Å². The number of carbonyl (C=O) groups is 1. The first kappa shape index (κ1) is 23.7. The number of carbonyl (C=O) groups excluding carboxylic acids is 1. The van der Waals surface area contributed by atoms with Crippen molar-refractivity contribution in [3.8, 4) is 11.5 Å². The first-order chi connectivity index (χ1) is 14.7. The quantitative estimate of drug-likeness (QED) is 0.633. The maximum absolute atomic E-state index is 12.9. The number of benzene rings is 2. The van der Waals surface area contributed by atoms with Gasteiger partial charge in [-0.15, -0.1) is 0 Å². The van der Waals surface area contributed by atoms with Crippen molar-refractivity contribution in [2.24, 2.45) is 5.92 Å². The second-order valence-electron chi connectivity index (χ2n) is 7.26. The van der Waals surface area contributed by atoms with Crippen LogP contribution in [0.15, 0.2) is 36.4 Å². The zero-order chi connectivity index (χ0) is 22.6. The summed E-state index contributed by atoms with van der Waals surface area (Å²) in [7, 11) is -0.580. The van der Waals surface area contributed by atoms with Crippen LogP contribution in [0.4, 0.5) is 5.69 Å². The second-order valence-corrected chi connectivity index (χ2v) is 10.0. The summed E-state index contributed by atoms with van der Waals surface area (Å²) in [6, 6.07) is 9.84. The van der Waals surface area contributed by atoms with Gasteiger partial charge in [-0.3, -0.25) is 4.79 Å². The molecule has 10 heteroatoms. The molecule has 1 saturated heterocycles. The van der Waals surface area contributed by atoms with Gasteiger partial charge in [0.05, 0.1) is 41.6 Å². The lowest BCUT2D eigenvalue weighted by molar-refractivity contribution is -0.120. The Hall–Kier alpha value is -2.00. The maximum Gasteiger partial charge on any atom is 0.228 e. The van der Waals surface area contributed by atoms with Crippen LogP contribution in [0.1, 0.15) is 18.4 Å². The average Bonchev–Trinajstić information content (AvgIpc) is 2.76. The molecule has 1 aliphatic heterocycles. The van der Waals surface area contributed by atoms with E-state index >= 15 is 0 Å². The molecule has 7 nitrogen and oxygen atoms in total. The molecule has 0 bridgehead atoms. The molecule has 2 aromatic carbocycles. The van der Waals surface area contributed by atoms with Crippen LogP contribution in [0.5, 0.6) is 11.5 Å². The minimum Gasteiger partial charge on any atom is -0.497 e. The lowest BCUT2D eigenvalue weighted by Gasteiger charge is -2.31. The van der Waals surface area contributed by atoms with E-state index in [2.05, 4.69) is 5.32 Å². The topological polar surface area (TPSA) is 84.9 Å². The van der Waals surface area contributed by atoms with Crippen molar-refractivity contribution in [1.82, 2.24) is 4.31 Å². The van der Waals surface area contributed by atoms with E-state index in [1.807, 2.05) is 0 Å². The molecule has 0 aromatic heterocycles. The van der Waals surface area contributed by atoms with Crippen molar-refractivity contribution in [2.45, 2.75) is 18.6 Å². The third-order valence-electron chi connectivity index (χ3n) is 5.15. The number of hydrogen-bond donors (Lipinski definition) is 1. The molecular weight excluding hydrogens is 463 g/mol. The maximum atomic E-state index is 12.9. The number of methoxy groups -OCH3 is 2. The van der Waals surface area contributed by atoms with E-state index in [9.17, 15) is 13.2 Å². The van der Waals surface area contributed by atoms with Gasteiger partial charge in [0.15, 0.2) is 0 Å². The van der Waals surface area contributed by atoms with Crippen molar-refractivity contribution >= 4 is 44.8 Å². The molecule has 0 aliphatic carbocycles. The predicted molar refractivity (Wildman–Crippen MR) is 122 cm³/mol. The summed E-state index contributed by atoms with van der Waals surface area (Å²) in [5, 5.41) is 3.51. The zero-order valence-electron chi connectivity index (χ0n) is 17.2. The number of ether oxygens (including phenoxy) is 2. The standard InChI is InChI=1S/C21H24Cl2N2O5S/c1-29-16-6-8-20(30-2)19(11-16)24-21(26)15-4-3-9-25(12-15)31(27,28)13-14-5-7-17(22)18(23)10-14/h5-8,10-11,15H,3-4,9,12-13H2,1-2H3,(H,24,26)/t15-/m0/s1. The number of piperidine rings is 1. The van der Waals surface area contributed by atoms with Gasteiger partial charge >= 0.3 is 0 Å². The molecule has 2 aromatic rings. The number of hydrogen-bond acceptors (Lipinski definition) is 5. The van der Waals surface area contributed by atoms with Crippen molar-refractivity contribution < 1.29 is 22.7 Å². The Labute approximate surface area is 192 Å². The van der Waals surface area contributed by atoms with E-state index in [1.54, 1.807) is 36.4 Å². The monoisotopic (exact) mass is 486 g/mol. The lowest BCUT2D eigenvalue weighted by atomic mass is 9.98. The van der Waals surface area contributed by atoms with Crippen molar-refractivity contribution in [2.75, 3.05) is 32.6 Å². The van der Waals surface area contributed by atoms with Crippen LogP contribution >= 0.6 is 23.2 Å². The summed E-state index contributed by atoms with van der Waals surface area (Å²) in [5.74, 6) is 0.121. The van der Waals surface area contributed by atoms with E-state index in [0.717, 1.165) is 0 Å². The molecule has 3 rings (SSSR count). The molecule has 1 N–H and O–H groups in total. The number of amides is 1. The van der Waals surface area contributed by atoms with Gasteiger partial charge in [0, 0.05) is 19.2 Å². The van der Waals surface area contributed by atoms with Crippen LogP contribution in [-0.4, -0.2) is 45.9 Å². The molecule has 0 unspecified atom stereocenters. The van der Waals surface area contributed by atoms with E-state index in [-0.39, 0.29) is 18.2 Å². The first-order valence-corrected chi connectivity index (χ1v) is 12.0. The Morgan fingerprint density at radius 1 is 1.13 bits per heavy atom. The molecule has 31 heavy (non-hydrogen) atoms. The number of nitrogens with one attached hydrogen (secondary N) is 1. The predicted octanol–water partition coefficient (Wildman–Crippen LogP) is 4.19. The van der Waals surface area contributed by atoms with Gasteiger partial charge in [0.25, 0.3) is 0 Å². The Morgan fingerprint density at radius 2 is 1.90 bits per heavy atom. The highest BCUT2D eigenvalue weighted by atomic mass is 35.5. The normalized spacial score (nSPS) is 17.2. The lowest BCUT2D eigenvalue weighted by Crippen LogP contribution is -2.44. The number of halogens is 2. The number of nitrogens with zero attached hydrogens (tertiary/aromatic N) is 1. The van der Waals surface area contributed by atoms with E-state index < -0.39 is 15.9 Å². The SMILES string of the molecule is COc1ccc(OC)c(NC(=O)[C@H]2CCCN(S(=O)(=O)Cc3ccc(Cl)c(Cl)c3)C2)c1. The smallest absolute Gasteiger partial charge is 0.228 e. The molecule has 1 fully saturated rings. The molecule has 1 amide bonds. The molecule has 1 heterocycles. The minimum atomic E-state index is -3.62. The third kappa shape index (κ3) is 5.83. The fourth-order valence-electron chi connectivity index (χ4n) is 3.49. The van der Waals surface area contributed by atoms with Gasteiger partial charge in [-0.1, -0.05) is 29.3 Å². The highest BCUT2D eigenvalue weighted by molar-refractivity contribution is 7.88. The zero-order valence-corrected chi connectivity index (χ0v) is 19.6. The fraction of sp³-hybridized carbons (Fsp3) is 0.381. The molecular formula is C21H24Cl2N2O5S. The van der Waals surface area contributed by atoms with Gasteiger partial charge in [0.1, 0.15) is 11.5 Å². The third-order valence-corrected chi connectivity index (χ3v) is 7.70. The van der Waals surface area contributed by atoms with Crippen molar-refractivity contribution in [1.29, 1.82) is 0 Å². The van der Waals surface area contributed by atoms with Crippen molar-refractivity contribution in [3.05, 3.63) is 52.0 Å². The van der Waals surface area contributed by atoms with Crippen LogP contribution in [-0.2, 0) is 20.6 Å². The molecule has 0 spiro atoms. The van der Waals surface area contributed by atoms with E-state index in [4.69, 9.17) is 32.7 Å². The molecule has 1 atom stereocenters. The number of rotatable bonds is 7. The van der Waals surface area contributed by atoms with Gasteiger partial charge in [-0.05, 0) is 42.7 Å². The van der Waals surface area contributed by atoms with E-state index in [0.29, 0.717) is 52.2 Å². The molecule has 0 radical (unpaired) electrons. The van der Waals surface area contributed by atoms with Crippen LogP contribution in [0.25, 0.3) is 0 Å². The minimum absolute atomic E-state index is 0.113. The fourth-order valence-corrected chi connectivity index (χ4v) is 5.41. The van der Waals surface area contributed by atoms with Gasteiger partial charge in [-0.25, -0.2) is 12.7 Å². The summed E-state index contributed by atoms with van der Waals surface area (Å²) in [5.41, 5.74) is 1.02. The van der Waals surface area contributed by atoms with Crippen LogP contribution < -0.4 is 14.8 Å². The van der Waals surface area contributed by atoms with Gasteiger partial charge in [-0.2, -0.15) is 0 Å². The summed E-state index contributed by atoms with van der Waals surface area (Å²) in [6.07, 6.45) is 1.19. The highest BCUT2D eigenvalue weighted by Gasteiger charge is 2.32. The second kappa shape index (κ2) is 10.1. The average molecular weight is 487 g/mol. The Balaban J connectivity index is 1.71. The summed E-state index contributed by atoms with van der Waals surface area (Å²) in [6.45, 7) is 0.484. The Kier molecular flexibility index (Phi) is 7.69. The summed E-state index contributed by atoms with van der Waals surface area (Å²) < 4.78 is 37.8. The van der Waals surface area contributed by atoms with Crippen LogP contribution in [0.2, 0.25) is 10.0 Å². The molecule has 0 saturated carbocycles.